The smallest absolute Gasteiger partial charge is 0.353 e. The normalized spacial score (nSPS) is 15.2. The van der Waals surface area contributed by atoms with Gasteiger partial charge in [0, 0.05) is 51.0 Å². The van der Waals surface area contributed by atoms with Crippen LogP contribution in [0.3, 0.4) is 0 Å². The highest BCUT2D eigenvalue weighted by molar-refractivity contribution is 5.65. The molecule has 0 aromatic carbocycles. The highest BCUT2D eigenvalue weighted by Gasteiger charge is 2.34. The fraction of sp³-hybridized carbons (Fsp3) is 0.294. The van der Waals surface area contributed by atoms with Crippen LogP contribution in [0.25, 0.3) is 5.65 Å². The maximum Gasteiger partial charge on any atom is 0.434 e. The summed E-state index contributed by atoms with van der Waals surface area (Å²) in [5, 5.41) is 8.84. The molecule has 0 amide bonds. The summed E-state index contributed by atoms with van der Waals surface area (Å²) in [6.07, 6.45) is 0.921. The van der Waals surface area contributed by atoms with E-state index in [0.29, 0.717) is 37.6 Å². The van der Waals surface area contributed by atoms with Gasteiger partial charge in [0.05, 0.1) is 5.56 Å². The highest BCUT2D eigenvalue weighted by Crippen LogP contribution is 2.30. The molecule has 0 aliphatic carbocycles. The quantitative estimate of drug-likeness (QED) is 0.687. The molecule has 4 rings (SSSR count). The first-order chi connectivity index (χ1) is 13.0. The third kappa shape index (κ3) is 3.23. The van der Waals surface area contributed by atoms with Crippen molar-refractivity contribution in [2.75, 3.05) is 36.0 Å². The molecule has 3 aromatic rings. The Balaban J connectivity index is 1.54. The van der Waals surface area contributed by atoms with Gasteiger partial charge in [-0.3, -0.25) is 0 Å². The molecular formula is C17H14F3N7. The molecule has 27 heavy (non-hydrogen) atoms. The fourth-order valence-corrected chi connectivity index (χ4v) is 3.05. The van der Waals surface area contributed by atoms with Crippen LogP contribution in [0.4, 0.5) is 24.8 Å². The largest absolute Gasteiger partial charge is 0.434 e. The lowest BCUT2D eigenvalue weighted by Gasteiger charge is -2.36. The molecule has 1 fully saturated rings. The lowest BCUT2D eigenvalue weighted by Crippen LogP contribution is -2.47. The van der Waals surface area contributed by atoms with Crippen molar-refractivity contribution in [3.05, 3.63) is 48.2 Å². The Morgan fingerprint density at radius 2 is 1.78 bits per heavy atom. The standard InChI is InChI=1S/C17H14F3N7/c18-17(19,20)13-11-27-4-3-22-15(16(27)24-13)26-7-5-25(6-8-26)14-2-1-12(9-21)10-23-14/h1-4,10-11H,5-8H2. The molecule has 0 bridgehead atoms. The Kier molecular flexibility index (Phi) is 4.07. The number of rotatable bonds is 2. The Morgan fingerprint density at radius 1 is 1.04 bits per heavy atom. The number of hydrogen-bond acceptors (Lipinski definition) is 6. The summed E-state index contributed by atoms with van der Waals surface area (Å²) in [6, 6.07) is 5.53. The molecule has 3 aromatic heterocycles. The zero-order valence-electron chi connectivity index (χ0n) is 14.1. The molecular weight excluding hydrogens is 359 g/mol. The summed E-state index contributed by atoms with van der Waals surface area (Å²) < 4.78 is 40.2. The van der Waals surface area contributed by atoms with Crippen molar-refractivity contribution in [2.24, 2.45) is 0 Å². The second-order valence-corrected chi connectivity index (χ2v) is 6.10. The number of imidazole rings is 1. The molecule has 0 N–H and O–H groups in total. The molecule has 1 aliphatic heterocycles. The molecule has 0 saturated carbocycles. The van der Waals surface area contributed by atoms with Crippen LogP contribution < -0.4 is 9.80 Å². The van der Waals surface area contributed by atoms with Crippen LogP contribution >= 0.6 is 0 Å². The maximum atomic E-state index is 12.9. The number of fused-ring (bicyclic) bond motifs is 1. The summed E-state index contributed by atoms with van der Waals surface area (Å²) in [4.78, 5) is 16.2. The third-order valence-electron chi connectivity index (χ3n) is 4.43. The van der Waals surface area contributed by atoms with Gasteiger partial charge in [0.15, 0.2) is 17.2 Å². The number of halogens is 3. The molecule has 0 unspecified atom stereocenters. The number of nitriles is 1. The molecule has 4 heterocycles. The zero-order chi connectivity index (χ0) is 19.0. The van der Waals surface area contributed by atoms with E-state index in [1.54, 1.807) is 12.1 Å². The first-order valence-electron chi connectivity index (χ1n) is 8.22. The van der Waals surface area contributed by atoms with Gasteiger partial charge >= 0.3 is 6.18 Å². The van der Waals surface area contributed by atoms with E-state index in [1.807, 2.05) is 11.0 Å². The second kappa shape index (κ2) is 6.42. The fourth-order valence-electron chi connectivity index (χ4n) is 3.05. The van der Waals surface area contributed by atoms with Gasteiger partial charge in [-0.2, -0.15) is 18.4 Å². The average molecular weight is 373 g/mol. The Morgan fingerprint density at radius 3 is 2.41 bits per heavy atom. The van der Waals surface area contributed by atoms with Crippen molar-refractivity contribution in [3.8, 4) is 6.07 Å². The van der Waals surface area contributed by atoms with E-state index in [9.17, 15) is 13.2 Å². The summed E-state index contributed by atoms with van der Waals surface area (Å²) in [5.41, 5.74) is -0.250. The van der Waals surface area contributed by atoms with Crippen molar-refractivity contribution in [1.29, 1.82) is 5.26 Å². The number of alkyl halides is 3. The van der Waals surface area contributed by atoms with Gasteiger partial charge in [-0.1, -0.05) is 0 Å². The van der Waals surface area contributed by atoms with Gasteiger partial charge in [0.2, 0.25) is 0 Å². The maximum absolute atomic E-state index is 12.9. The van der Waals surface area contributed by atoms with E-state index in [2.05, 4.69) is 19.9 Å². The van der Waals surface area contributed by atoms with Crippen molar-refractivity contribution in [2.45, 2.75) is 6.18 Å². The summed E-state index contributed by atoms with van der Waals surface area (Å²) in [7, 11) is 0. The molecule has 0 atom stereocenters. The number of anilines is 2. The minimum atomic E-state index is -4.50. The molecule has 0 radical (unpaired) electrons. The number of pyridine rings is 1. The second-order valence-electron chi connectivity index (χ2n) is 6.10. The van der Waals surface area contributed by atoms with Crippen molar-refractivity contribution >= 4 is 17.3 Å². The van der Waals surface area contributed by atoms with Crippen LogP contribution in [0.1, 0.15) is 11.3 Å². The van der Waals surface area contributed by atoms with E-state index in [-0.39, 0.29) is 5.65 Å². The van der Waals surface area contributed by atoms with Gasteiger partial charge in [-0.05, 0) is 12.1 Å². The number of piperazine rings is 1. The number of aromatic nitrogens is 4. The molecule has 1 saturated heterocycles. The third-order valence-corrected chi connectivity index (χ3v) is 4.43. The van der Waals surface area contributed by atoms with E-state index < -0.39 is 11.9 Å². The summed E-state index contributed by atoms with van der Waals surface area (Å²) in [5.74, 6) is 1.19. The predicted molar refractivity (Wildman–Crippen MR) is 91.4 cm³/mol. The molecule has 7 nitrogen and oxygen atoms in total. The van der Waals surface area contributed by atoms with Crippen LogP contribution in [-0.4, -0.2) is 45.5 Å². The Labute approximate surface area is 152 Å². The van der Waals surface area contributed by atoms with E-state index in [1.165, 1.54) is 23.0 Å². The van der Waals surface area contributed by atoms with Crippen molar-refractivity contribution in [1.82, 2.24) is 19.4 Å². The van der Waals surface area contributed by atoms with Crippen LogP contribution in [0.15, 0.2) is 36.9 Å². The van der Waals surface area contributed by atoms with Gasteiger partial charge in [0.1, 0.15) is 11.9 Å². The van der Waals surface area contributed by atoms with Gasteiger partial charge < -0.3 is 14.2 Å². The molecule has 10 heteroatoms. The zero-order valence-corrected chi connectivity index (χ0v) is 14.1. The van der Waals surface area contributed by atoms with E-state index >= 15 is 0 Å². The van der Waals surface area contributed by atoms with Gasteiger partial charge in [0.25, 0.3) is 0 Å². The Hall–Kier alpha value is -3.35. The van der Waals surface area contributed by atoms with Gasteiger partial charge in [-0.15, -0.1) is 0 Å². The number of hydrogen-bond donors (Lipinski definition) is 0. The van der Waals surface area contributed by atoms with Crippen molar-refractivity contribution < 1.29 is 13.2 Å². The molecule has 1 aliphatic rings. The SMILES string of the molecule is N#Cc1ccc(N2CCN(c3nccn4cc(C(F)(F)F)nc34)CC2)nc1. The van der Waals surface area contributed by atoms with Crippen LogP contribution in [0.5, 0.6) is 0 Å². The molecule has 138 valence electrons. The van der Waals surface area contributed by atoms with Crippen molar-refractivity contribution in [3.63, 3.8) is 0 Å². The first kappa shape index (κ1) is 17.1. The Bertz CT molecular complexity index is 996. The van der Waals surface area contributed by atoms with Crippen LogP contribution in [0.2, 0.25) is 0 Å². The highest BCUT2D eigenvalue weighted by atomic mass is 19.4. The number of nitrogens with zero attached hydrogens (tertiary/aromatic N) is 7. The summed E-state index contributed by atoms with van der Waals surface area (Å²) in [6.45, 7) is 2.41. The molecule has 0 spiro atoms. The minimum Gasteiger partial charge on any atom is -0.353 e. The van der Waals surface area contributed by atoms with Crippen LogP contribution in [-0.2, 0) is 6.18 Å². The first-order valence-corrected chi connectivity index (χ1v) is 8.22. The van der Waals surface area contributed by atoms with E-state index in [4.69, 9.17) is 5.26 Å². The average Bonchev–Trinajstić information content (AvgIpc) is 3.13. The van der Waals surface area contributed by atoms with Crippen LogP contribution in [0, 0.1) is 11.3 Å². The lowest BCUT2D eigenvalue weighted by molar-refractivity contribution is -0.140. The van der Waals surface area contributed by atoms with Gasteiger partial charge in [-0.25, -0.2) is 15.0 Å². The van der Waals surface area contributed by atoms with E-state index in [0.717, 1.165) is 12.0 Å². The monoisotopic (exact) mass is 373 g/mol. The minimum absolute atomic E-state index is 0.190. The predicted octanol–water partition coefficient (Wildman–Crippen LogP) is 2.34. The topological polar surface area (TPSA) is 73.4 Å². The lowest BCUT2D eigenvalue weighted by atomic mass is 10.2. The summed E-state index contributed by atoms with van der Waals surface area (Å²) >= 11 is 0.